The van der Waals surface area contributed by atoms with E-state index in [1.807, 2.05) is 0 Å². The van der Waals surface area contributed by atoms with Crippen molar-refractivity contribution >= 4 is 17.9 Å². The van der Waals surface area contributed by atoms with Crippen molar-refractivity contribution in [1.29, 1.82) is 0 Å². The summed E-state index contributed by atoms with van der Waals surface area (Å²) < 4.78 is 17.0. The van der Waals surface area contributed by atoms with Crippen molar-refractivity contribution in [2.24, 2.45) is 0 Å². The molecule has 0 aromatic heterocycles. The monoisotopic (exact) mass is 1170 g/mol. The Morgan fingerprint density at radius 1 is 0.229 bits per heavy atom. The van der Waals surface area contributed by atoms with E-state index < -0.39 is 6.10 Å². The van der Waals surface area contributed by atoms with Gasteiger partial charge in [-0.05, 0) is 44.9 Å². The summed E-state index contributed by atoms with van der Waals surface area (Å²) in [4.78, 5) is 38.3. The van der Waals surface area contributed by atoms with Crippen LogP contribution in [-0.2, 0) is 28.6 Å². The Morgan fingerprint density at radius 3 is 0.602 bits per heavy atom. The summed E-state index contributed by atoms with van der Waals surface area (Å²) >= 11 is 0. The molecule has 492 valence electrons. The molecule has 0 spiro atoms. The fraction of sp³-hybridized carbons (Fsp3) is 0.935. The second-order valence-corrected chi connectivity index (χ2v) is 26.3. The third-order valence-electron chi connectivity index (χ3n) is 17.8. The van der Waals surface area contributed by atoms with E-state index in [0.717, 1.165) is 57.8 Å². The van der Waals surface area contributed by atoms with Gasteiger partial charge in [0.25, 0.3) is 0 Å². The summed E-state index contributed by atoms with van der Waals surface area (Å²) in [5, 5.41) is 0. The number of carbonyl (C=O) groups excluding carboxylic acids is 3. The van der Waals surface area contributed by atoms with Crippen molar-refractivity contribution in [3.63, 3.8) is 0 Å². The minimum absolute atomic E-state index is 0.0619. The van der Waals surface area contributed by atoms with E-state index in [1.165, 1.54) is 347 Å². The molecule has 0 saturated carbocycles. The van der Waals surface area contributed by atoms with Crippen LogP contribution >= 0.6 is 0 Å². The number of carbonyl (C=O) groups is 3. The van der Waals surface area contributed by atoms with Gasteiger partial charge in [0, 0.05) is 19.3 Å². The lowest BCUT2D eigenvalue weighted by Crippen LogP contribution is -2.30. The molecule has 0 bridgehead atoms. The SMILES string of the molecule is CCCCCCCCCC/C=C\CCCCCCCCCCCCCCCCCCCCCCCC(=O)OCC(COC(=O)CCCCCCCCCCC)OC(=O)CCCCCCCCCCCCCCCCCCCCCCCCC. The van der Waals surface area contributed by atoms with E-state index in [2.05, 4.69) is 32.9 Å². The van der Waals surface area contributed by atoms with Gasteiger partial charge in [-0.3, -0.25) is 14.4 Å². The molecular weight excluding hydrogens is 1020 g/mol. The van der Waals surface area contributed by atoms with Gasteiger partial charge < -0.3 is 14.2 Å². The highest BCUT2D eigenvalue weighted by molar-refractivity contribution is 5.71. The molecule has 0 fully saturated rings. The van der Waals surface area contributed by atoms with Gasteiger partial charge in [0.1, 0.15) is 13.2 Å². The van der Waals surface area contributed by atoms with E-state index in [1.54, 1.807) is 0 Å². The number of rotatable bonds is 72. The standard InChI is InChI=1S/C77H148O6/c1-4-7-10-13-16-19-21-23-25-27-29-31-33-34-35-36-37-38-39-40-41-42-44-45-47-49-51-53-55-58-61-64-67-70-76(79)82-73-74(72-81-75(78)69-66-63-60-57-18-15-12-9-6-3)83-77(80)71-68-65-62-59-56-54-52-50-48-46-43-32-30-28-26-24-22-20-17-14-11-8-5-2/h27,29,74H,4-26,28,30-73H2,1-3H3/b29-27-. The lowest BCUT2D eigenvalue weighted by atomic mass is 10.0. The van der Waals surface area contributed by atoms with Gasteiger partial charge in [0.05, 0.1) is 0 Å². The van der Waals surface area contributed by atoms with Crippen LogP contribution in [0.4, 0.5) is 0 Å². The molecule has 83 heavy (non-hydrogen) atoms. The van der Waals surface area contributed by atoms with E-state index in [0.29, 0.717) is 19.3 Å². The van der Waals surface area contributed by atoms with Crippen molar-refractivity contribution < 1.29 is 28.6 Å². The van der Waals surface area contributed by atoms with Gasteiger partial charge in [-0.15, -0.1) is 0 Å². The normalized spacial score (nSPS) is 12.0. The second kappa shape index (κ2) is 72.6. The molecule has 0 aromatic carbocycles. The van der Waals surface area contributed by atoms with Crippen molar-refractivity contribution in [1.82, 2.24) is 0 Å². The van der Waals surface area contributed by atoms with Crippen LogP contribution in [0.2, 0.25) is 0 Å². The zero-order valence-electron chi connectivity index (χ0n) is 56.8. The number of unbranched alkanes of at least 4 members (excludes halogenated alkanes) is 59. The summed E-state index contributed by atoms with van der Waals surface area (Å²) in [5.74, 6) is -0.827. The predicted octanol–water partition coefficient (Wildman–Crippen LogP) is 26.3. The molecule has 6 nitrogen and oxygen atoms in total. The number of hydrogen-bond donors (Lipinski definition) is 0. The van der Waals surface area contributed by atoms with Crippen LogP contribution in [0, 0.1) is 0 Å². The van der Waals surface area contributed by atoms with Gasteiger partial charge >= 0.3 is 17.9 Å². The molecule has 0 aliphatic rings. The molecule has 1 unspecified atom stereocenters. The molecular formula is C77H148O6. The largest absolute Gasteiger partial charge is 0.462 e. The highest BCUT2D eigenvalue weighted by Gasteiger charge is 2.20. The summed E-state index contributed by atoms with van der Waals surface area (Å²) in [5.41, 5.74) is 0. The Kier molecular flexibility index (Phi) is 71.0. The summed E-state index contributed by atoms with van der Waals surface area (Å²) in [6.45, 7) is 6.71. The first-order chi connectivity index (χ1) is 41.0. The second-order valence-electron chi connectivity index (χ2n) is 26.3. The highest BCUT2D eigenvalue weighted by atomic mass is 16.6. The zero-order valence-corrected chi connectivity index (χ0v) is 56.8. The van der Waals surface area contributed by atoms with Crippen molar-refractivity contribution in [3.8, 4) is 0 Å². The van der Waals surface area contributed by atoms with Crippen LogP contribution in [0.15, 0.2) is 12.2 Å². The van der Waals surface area contributed by atoms with Crippen molar-refractivity contribution in [2.75, 3.05) is 13.2 Å². The molecule has 0 aliphatic carbocycles. The van der Waals surface area contributed by atoms with Gasteiger partial charge in [-0.1, -0.05) is 392 Å². The van der Waals surface area contributed by atoms with E-state index >= 15 is 0 Å². The first kappa shape index (κ1) is 81.2. The first-order valence-corrected chi connectivity index (χ1v) is 38.2. The maximum atomic E-state index is 12.9. The summed E-state index contributed by atoms with van der Waals surface area (Å²) in [6, 6.07) is 0. The lowest BCUT2D eigenvalue weighted by molar-refractivity contribution is -0.167. The molecule has 0 aromatic rings. The average molecular weight is 1170 g/mol. The van der Waals surface area contributed by atoms with Gasteiger partial charge in [0.2, 0.25) is 0 Å². The Bertz CT molecular complexity index is 1300. The van der Waals surface area contributed by atoms with Crippen LogP contribution in [0.5, 0.6) is 0 Å². The van der Waals surface area contributed by atoms with Gasteiger partial charge in [0.15, 0.2) is 6.10 Å². The maximum absolute atomic E-state index is 12.9. The third kappa shape index (κ3) is 70.8. The fourth-order valence-corrected chi connectivity index (χ4v) is 12.0. The lowest BCUT2D eigenvalue weighted by Gasteiger charge is -2.18. The molecule has 0 saturated heterocycles. The van der Waals surface area contributed by atoms with Gasteiger partial charge in [-0.25, -0.2) is 0 Å². The molecule has 6 heteroatoms. The molecule has 0 rings (SSSR count). The van der Waals surface area contributed by atoms with Crippen LogP contribution in [0.1, 0.15) is 445 Å². The fourth-order valence-electron chi connectivity index (χ4n) is 12.0. The Morgan fingerprint density at radius 2 is 0.398 bits per heavy atom. The minimum Gasteiger partial charge on any atom is -0.462 e. The first-order valence-electron chi connectivity index (χ1n) is 38.2. The molecule has 0 radical (unpaired) electrons. The minimum atomic E-state index is -0.764. The molecule has 0 N–H and O–H groups in total. The molecule has 0 aliphatic heterocycles. The van der Waals surface area contributed by atoms with E-state index in [-0.39, 0.29) is 31.1 Å². The van der Waals surface area contributed by atoms with Crippen LogP contribution in [0.3, 0.4) is 0 Å². The maximum Gasteiger partial charge on any atom is 0.306 e. The van der Waals surface area contributed by atoms with Crippen molar-refractivity contribution in [3.05, 3.63) is 12.2 Å². The average Bonchev–Trinajstić information content (AvgIpc) is 3.49. The predicted molar refractivity (Wildman–Crippen MR) is 363 cm³/mol. The number of ether oxygens (including phenoxy) is 3. The highest BCUT2D eigenvalue weighted by Crippen LogP contribution is 2.20. The number of hydrogen-bond acceptors (Lipinski definition) is 6. The van der Waals surface area contributed by atoms with E-state index in [9.17, 15) is 14.4 Å². The number of esters is 3. The van der Waals surface area contributed by atoms with Crippen molar-refractivity contribution in [2.45, 2.75) is 451 Å². The number of allylic oxidation sites excluding steroid dienone is 2. The molecule has 1 atom stereocenters. The van der Waals surface area contributed by atoms with Gasteiger partial charge in [-0.2, -0.15) is 0 Å². The van der Waals surface area contributed by atoms with E-state index in [4.69, 9.17) is 14.2 Å². The topological polar surface area (TPSA) is 78.9 Å². The third-order valence-corrected chi connectivity index (χ3v) is 17.8. The summed E-state index contributed by atoms with van der Waals surface area (Å²) in [7, 11) is 0. The van der Waals surface area contributed by atoms with Crippen LogP contribution in [0.25, 0.3) is 0 Å². The van der Waals surface area contributed by atoms with Crippen LogP contribution in [-0.4, -0.2) is 37.2 Å². The Labute approximate surface area is 520 Å². The van der Waals surface area contributed by atoms with Crippen LogP contribution < -0.4 is 0 Å². The molecule has 0 amide bonds. The zero-order chi connectivity index (χ0) is 59.9. The molecule has 0 heterocycles. The quantitative estimate of drug-likeness (QED) is 0.0261. The summed E-state index contributed by atoms with van der Waals surface area (Å²) in [6.07, 6.45) is 88.6. The Hall–Kier alpha value is -1.85. The smallest absolute Gasteiger partial charge is 0.306 e. The Balaban J connectivity index is 4.00.